The van der Waals surface area contributed by atoms with Gasteiger partial charge in [-0.3, -0.25) is 9.59 Å². The van der Waals surface area contributed by atoms with Crippen molar-refractivity contribution in [3.05, 3.63) is 0 Å². The zero-order chi connectivity index (χ0) is 29.8. The molecule has 256 valence electrons. The maximum absolute atomic E-state index is 10.3. The Kier molecular flexibility index (Phi) is 50.4. The van der Waals surface area contributed by atoms with Gasteiger partial charge in [0.1, 0.15) is 0 Å². The summed E-state index contributed by atoms with van der Waals surface area (Å²) in [5.41, 5.74) is 0. The average Bonchev–Trinajstić information content (AvgIpc) is 2.93. The van der Waals surface area contributed by atoms with E-state index in [1.807, 2.05) is 0 Å². The predicted molar refractivity (Wildman–Crippen MR) is 182 cm³/mol. The third-order valence-electron chi connectivity index (χ3n) is 7.99. The summed E-state index contributed by atoms with van der Waals surface area (Å²) in [7, 11) is 0. The normalized spacial score (nSPS) is 10.3. The maximum atomic E-state index is 10.3. The van der Waals surface area contributed by atoms with Gasteiger partial charge in [-0.1, -0.05) is 194 Å². The van der Waals surface area contributed by atoms with Crippen LogP contribution in [0.3, 0.4) is 0 Å². The van der Waals surface area contributed by atoms with Crippen LogP contribution in [0.15, 0.2) is 0 Å². The summed E-state index contributed by atoms with van der Waals surface area (Å²) < 4.78 is 0. The fraction of sp³-hybridized carbons (Fsp3) is 0.944. The second-order valence-electron chi connectivity index (χ2n) is 12.2. The zero-order valence-corrected chi connectivity index (χ0v) is 28.3. The van der Waals surface area contributed by atoms with Crippen molar-refractivity contribution in [3.8, 4) is 0 Å². The smallest absolute Gasteiger partial charge is 0.303 e. The lowest BCUT2D eigenvalue weighted by Gasteiger charge is -2.03. The van der Waals surface area contributed by atoms with E-state index in [4.69, 9.17) is 10.2 Å². The highest BCUT2D eigenvalue weighted by Crippen LogP contribution is 2.15. The van der Waals surface area contributed by atoms with Crippen molar-refractivity contribution >= 4 is 11.9 Å². The Bertz CT molecular complexity index is 453. The van der Waals surface area contributed by atoms with Crippen LogP contribution in [-0.2, 0) is 9.59 Å². The predicted octanol–water partition coefficient (Wildman–Crippen LogP) is 11.0. The Labute approximate surface area is 261 Å². The molecular weight excluding hydrogens is 528 g/mol. The third kappa shape index (κ3) is 51.6. The molecule has 0 aromatic rings. The van der Waals surface area contributed by atoms with E-state index in [0.29, 0.717) is 12.8 Å². The first-order chi connectivity index (χ1) is 19.5. The van der Waals surface area contributed by atoms with Crippen LogP contribution in [0.2, 0.25) is 0 Å². The van der Waals surface area contributed by atoms with E-state index >= 15 is 0 Å². The van der Waals surface area contributed by atoms with Gasteiger partial charge in [-0.2, -0.15) is 0 Å². The summed E-state index contributed by atoms with van der Waals surface area (Å²) >= 11 is 0. The summed E-state index contributed by atoms with van der Waals surface area (Å²) in [5.74, 6) is -1.31. The monoisotopic (exact) mass is 605 g/mol. The number of unbranched alkanes of at least 4 members (excludes halogenated alkanes) is 28. The molecule has 0 heterocycles. The second-order valence-corrected chi connectivity index (χ2v) is 12.2. The minimum atomic E-state index is -0.653. The van der Waals surface area contributed by atoms with E-state index in [9.17, 15) is 9.59 Å². The molecule has 0 aromatic heterocycles. The molecule has 0 aromatic carbocycles. The number of carboxylic acid groups (broad SMARTS) is 2. The van der Waals surface area contributed by atoms with Crippen LogP contribution < -0.4 is 0 Å². The van der Waals surface area contributed by atoms with Gasteiger partial charge in [0.05, 0.1) is 0 Å². The maximum Gasteiger partial charge on any atom is 0.303 e. The fourth-order valence-corrected chi connectivity index (χ4v) is 5.30. The molecule has 0 saturated heterocycles. The number of carbonyl (C=O) groups is 2. The molecule has 0 atom stereocenters. The Morgan fingerprint density at radius 2 is 0.452 bits per heavy atom. The van der Waals surface area contributed by atoms with Gasteiger partial charge in [0.25, 0.3) is 0 Å². The highest BCUT2D eigenvalue weighted by Gasteiger charge is 1.98. The molecule has 0 saturated carbocycles. The van der Waals surface area contributed by atoms with E-state index in [1.165, 1.54) is 167 Å². The molecule has 6 heteroatoms. The lowest BCUT2D eigenvalue weighted by atomic mass is 10.0. The molecule has 0 aliphatic carbocycles. The van der Waals surface area contributed by atoms with Gasteiger partial charge < -0.3 is 21.2 Å². The lowest BCUT2D eigenvalue weighted by molar-refractivity contribution is -0.138. The van der Waals surface area contributed by atoms with E-state index in [0.717, 1.165) is 25.7 Å². The molecule has 0 aliphatic heterocycles. The number of aliphatic carboxylic acids is 2. The molecule has 0 aliphatic rings. The molecule has 6 N–H and O–H groups in total. The van der Waals surface area contributed by atoms with Gasteiger partial charge in [-0.25, -0.2) is 0 Å². The van der Waals surface area contributed by atoms with Crippen LogP contribution in [0, 0.1) is 0 Å². The van der Waals surface area contributed by atoms with Crippen molar-refractivity contribution in [2.45, 2.75) is 219 Å². The molecule has 0 rings (SSSR count). The van der Waals surface area contributed by atoms with Crippen molar-refractivity contribution in [1.29, 1.82) is 0 Å². The van der Waals surface area contributed by atoms with Crippen molar-refractivity contribution < 1.29 is 30.8 Å². The highest BCUT2D eigenvalue weighted by molar-refractivity contribution is 5.66. The number of rotatable bonds is 32. The molecule has 0 amide bonds. The molecule has 42 heavy (non-hydrogen) atoms. The zero-order valence-electron chi connectivity index (χ0n) is 28.3. The van der Waals surface area contributed by atoms with Gasteiger partial charge >= 0.3 is 11.9 Å². The summed E-state index contributed by atoms with van der Waals surface area (Å²) in [6.07, 6.45) is 40.4. The summed E-state index contributed by atoms with van der Waals surface area (Å²) in [5, 5.41) is 17.0. The van der Waals surface area contributed by atoms with Gasteiger partial charge in [0.2, 0.25) is 0 Å². The minimum Gasteiger partial charge on any atom is -0.481 e. The molecular formula is C36H76O6. The quantitative estimate of drug-likeness (QED) is 0.0737. The Morgan fingerprint density at radius 3 is 0.595 bits per heavy atom. The lowest BCUT2D eigenvalue weighted by Crippen LogP contribution is -1.93. The summed E-state index contributed by atoms with van der Waals surface area (Å²) in [6.45, 7) is 4.54. The average molecular weight is 605 g/mol. The van der Waals surface area contributed by atoms with Crippen LogP contribution in [-0.4, -0.2) is 33.1 Å². The molecule has 6 nitrogen and oxygen atoms in total. The Balaban J connectivity index is -0.000000328. The standard InChI is InChI=1S/2C18H36O2.2H2O/c2*1-2-3-4-5-6-7-8-9-10-11-12-13-14-15-16-17-18(19)20;;/h2*2-17H2,1H3,(H,19,20);2*1H2. The Hall–Kier alpha value is -1.14. The van der Waals surface area contributed by atoms with E-state index in [2.05, 4.69) is 13.8 Å². The van der Waals surface area contributed by atoms with Crippen molar-refractivity contribution in [2.75, 3.05) is 0 Å². The third-order valence-corrected chi connectivity index (χ3v) is 7.99. The van der Waals surface area contributed by atoms with Gasteiger partial charge in [-0.15, -0.1) is 0 Å². The van der Waals surface area contributed by atoms with Gasteiger partial charge in [0.15, 0.2) is 0 Å². The van der Waals surface area contributed by atoms with Crippen molar-refractivity contribution in [2.24, 2.45) is 0 Å². The van der Waals surface area contributed by atoms with Crippen molar-refractivity contribution in [3.63, 3.8) is 0 Å². The SMILES string of the molecule is CCCCCCCCCCCCCCCCCC(=O)O.CCCCCCCCCCCCCCCCCC(=O)O.O.O. The largest absolute Gasteiger partial charge is 0.481 e. The Morgan fingerprint density at radius 1 is 0.310 bits per heavy atom. The van der Waals surface area contributed by atoms with Crippen LogP contribution in [0.5, 0.6) is 0 Å². The summed E-state index contributed by atoms with van der Waals surface area (Å²) in [6, 6.07) is 0. The second kappa shape index (κ2) is 44.3. The number of hydrogen-bond donors (Lipinski definition) is 2. The molecule has 0 spiro atoms. The minimum absolute atomic E-state index is 0. The van der Waals surface area contributed by atoms with E-state index in [1.54, 1.807) is 0 Å². The fourth-order valence-electron chi connectivity index (χ4n) is 5.30. The molecule has 0 bridgehead atoms. The molecule has 0 unspecified atom stereocenters. The van der Waals surface area contributed by atoms with Crippen LogP contribution in [0.25, 0.3) is 0 Å². The van der Waals surface area contributed by atoms with Gasteiger partial charge in [-0.05, 0) is 12.8 Å². The van der Waals surface area contributed by atoms with E-state index < -0.39 is 11.9 Å². The highest BCUT2D eigenvalue weighted by atomic mass is 16.4. The van der Waals surface area contributed by atoms with Gasteiger partial charge in [0, 0.05) is 12.8 Å². The number of hydrogen-bond acceptors (Lipinski definition) is 2. The molecule has 0 radical (unpaired) electrons. The first kappa shape index (κ1) is 47.8. The first-order valence-corrected chi connectivity index (χ1v) is 18.0. The first-order valence-electron chi connectivity index (χ1n) is 18.0. The van der Waals surface area contributed by atoms with Crippen LogP contribution >= 0.6 is 0 Å². The number of carboxylic acids is 2. The molecule has 0 fully saturated rings. The van der Waals surface area contributed by atoms with Crippen LogP contribution in [0.4, 0.5) is 0 Å². The summed E-state index contributed by atoms with van der Waals surface area (Å²) in [4.78, 5) is 20.7. The topological polar surface area (TPSA) is 138 Å². The van der Waals surface area contributed by atoms with E-state index in [-0.39, 0.29) is 11.0 Å². The van der Waals surface area contributed by atoms with Crippen molar-refractivity contribution in [1.82, 2.24) is 0 Å². The van der Waals surface area contributed by atoms with Crippen LogP contribution in [0.1, 0.15) is 219 Å².